The van der Waals surface area contributed by atoms with Gasteiger partial charge in [0.05, 0.1) is 11.5 Å². The Labute approximate surface area is 193 Å². The molecule has 1 unspecified atom stereocenters. The lowest BCUT2D eigenvalue weighted by atomic mass is 9.91. The predicted octanol–water partition coefficient (Wildman–Crippen LogP) is 4.56. The highest BCUT2D eigenvalue weighted by Gasteiger charge is 2.93. The highest BCUT2D eigenvalue weighted by molar-refractivity contribution is 8.03. The van der Waals surface area contributed by atoms with E-state index in [9.17, 15) is 75.4 Å². The van der Waals surface area contributed by atoms with Crippen LogP contribution in [-0.4, -0.2) is 82.2 Å². The van der Waals surface area contributed by atoms with Gasteiger partial charge in [0.2, 0.25) is 5.91 Å². The predicted molar refractivity (Wildman–Crippen MR) is 88.6 cm³/mol. The number of aliphatic hydroxyl groups excluding tert-OH is 1. The van der Waals surface area contributed by atoms with Gasteiger partial charge in [-0.05, 0) is 6.08 Å². The fourth-order valence-electron chi connectivity index (χ4n) is 2.08. The Bertz CT molecular complexity index is 856. The van der Waals surface area contributed by atoms with E-state index in [1.807, 2.05) is 0 Å². The van der Waals surface area contributed by atoms with Crippen LogP contribution in [0, 0.1) is 0 Å². The molecule has 0 spiro atoms. The first kappa shape index (κ1) is 33.9. The van der Waals surface area contributed by atoms with Gasteiger partial charge >= 0.3 is 47.7 Å². The molecule has 0 fully saturated rings. The van der Waals surface area contributed by atoms with Crippen molar-refractivity contribution in [2.75, 3.05) is 12.4 Å². The molecule has 0 aromatic carbocycles. The molecule has 0 radical (unpaired) electrons. The van der Waals surface area contributed by atoms with E-state index >= 15 is 0 Å². The fraction of sp³-hybridized carbons (Fsp3) is 0.733. The van der Waals surface area contributed by atoms with Crippen LogP contribution in [0.15, 0.2) is 11.0 Å². The SMILES string of the molecule is CC(=O)NC(CS/C(=C\CO)C(F)(F)C(F)(F)C(F)(F)C(F)(F)C(F)(F)C(F)(F)C(F)(F)F)C(=O)O. The van der Waals surface area contributed by atoms with Gasteiger partial charge in [-0.25, -0.2) is 4.79 Å². The quantitative estimate of drug-likeness (QED) is 0.292. The fourth-order valence-corrected chi connectivity index (χ4v) is 3.15. The van der Waals surface area contributed by atoms with Crippen LogP contribution in [0.3, 0.4) is 0 Å². The van der Waals surface area contributed by atoms with Crippen molar-refractivity contribution >= 4 is 23.6 Å². The van der Waals surface area contributed by atoms with Gasteiger partial charge in [0, 0.05) is 12.7 Å². The molecule has 1 atom stereocenters. The first-order chi connectivity index (χ1) is 15.7. The van der Waals surface area contributed by atoms with Gasteiger partial charge in [0.25, 0.3) is 0 Å². The lowest BCUT2D eigenvalue weighted by Gasteiger charge is -2.41. The minimum absolute atomic E-state index is 0.526. The summed E-state index contributed by atoms with van der Waals surface area (Å²) in [6.07, 6.45) is -8.26. The van der Waals surface area contributed by atoms with Crippen LogP contribution in [0.2, 0.25) is 0 Å². The molecule has 3 N–H and O–H groups in total. The summed E-state index contributed by atoms with van der Waals surface area (Å²) in [5.41, 5.74) is 0. The van der Waals surface area contributed by atoms with E-state index in [-0.39, 0.29) is 0 Å². The van der Waals surface area contributed by atoms with Gasteiger partial charge in [-0.1, -0.05) is 0 Å². The maximum absolute atomic E-state index is 14.3. The van der Waals surface area contributed by atoms with Gasteiger partial charge in [0.1, 0.15) is 6.04 Å². The van der Waals surface area contributed by atoms with Crippen molar-refractivity contribution in [3.8, 4) is 0 Å². The van der Waals surface area contributed by atoms with Crippen LogP contribution in [0.5, 0.6) is 0 Å². The van der Waals surface area contributed by atoms with Crippen LogP contribution >= 0.6 is 11.8 Å². The number of allylic oxidation sites excluding steroid dienone is 1. The van der Waals surface area contributed by atoms with Gasteiger partial charge in [-0.15, -0.1) is 11.8 Å². The smallest absolute Gasteiger partial charge is 0.460 e. The van der Waals surface area contributed by atoms with Crippen molar-refractivity contribution in [3.63, 3.8) is 0 Å². The zero-order valence-electron chi connectivity index (χ0n) is 16.9. The summed E-state index contributed by atoms with van der Waals surface area (Å²) < 4.78 is 200. The molecule has 0 heterocycles. The highest BCUT2D eigenvalue weighted by Crippen LogP contribution is 2.63. The van der Waals surface area contributed by atoms with Crippen LogP contribution in [0.4, 0.5) is 65.9 Å². The summed E-state index contributed by atoms with van der Waals surface area (Å²) in [7, 11) is 0. The second-order valence-electron chi connectivity index (χ2n) is 6.60. The van der Waals surface area contributed by atoms with E-state index < -0.39 is 94.7 Å². The summed E-state index contributed by atoms with van der Waals surface area (Å²) in [6.45, 7) is -1.14. The average Bonchev–Trinajstić information content (AvgIpc) is 2.67. The van der Waals surface area contributed by atoms with Gasteiger partial charge < -0.3 is 15.5 Å². The zero-order valence-corrected chi connectivity index (χ0v) is 17.7. The molecular formula is C15H12F15NO4S. The van der Waals surface area contributed by atoms with Crippen LogP contribution in [0.1, 0.15) is 6.92 Å². The third-order valence-electron chi connectivity index (χ3n) is 3.99. The van der Waals surface area contributed by atoms with E-state index in [0.29, 0.717) is 6.92 Å². The van der Waals surface area contributed by atoms with E-state index in [0.717, 1.165) is 0 Å². The van der Waals surface area contributed by atoms with Crippen molar-refractivity contribution in [2.45, 2.75) is 54.7 Å². The number of carboxylic acids is 1. The minimum atomic E-state index is -8.49. The second-order valence-corrected chi connectivity index (χ2v) is 7.66. The summed E-state index contributed by atoms with van der Waals surface area (Å²) >= 11 is -0.916. The molecule has 0 aliphatic carbocycles. The lowest BCUT2D eigenvalue weighted by Crippen LogP contribution is -2.72. The number of rotatable bonds is 12. The molecule has 0 aliphatic heterocycles. The molecule has 0 aliphatic rings. The maximum Gasteiger partial charge on any atom is 0.460 e. The Morgan fingerprint density at radius 1 is 0.778 bits per heavy atom. The van der Waals surface area contributed by atoms with E-state index in [4.69, 9.17) is 10.2 Å². The molecule has 21 heteroatoms. The number of alkyl halides is 15. The number of nitrogens with one attached hydrogen (secondary N) is 1. The average molecular weight is 587 g/mol. The number of hydrogen-bond acceptors (Lipinski definition) is 4. The summed E-state index contributed by atoms with van der Waals surface area (Å²) in [5, 5.41) is 19.0. The molecule has 212 valence electrons. The molecule has 36 heavy (non-hydrogen) atoms. The number of aliphatic hydroxyl groups is 1. The third kappa shape index (κ3) is 5.59. The van der Waals surface area contributed by atoms with E-state index in [1.165, 1.54) is 5.32 Å². The number of carboxylic acid groups (broad SMARTS) is 1. The number of carbonyl (C=O) groups is 2. The number of halogens is 15. The van der Waals surface area contributed by atoms with Crippen molar-refractivity contribution in [1.29, 1.82) is 0 Å². The number of thioether (sulfide) groups is 1. The first-order valence-electron chi connectivity index (χ1n) is 8.46. The molecular weight excluding hydrogens is 575 g/mol. The van der Waals surface area contributed by atoms with Crippen molar-refractivity contribution < 1.29 is 85.7 Å². The molecule has 1 amide bonds. The largest absolute Gasteiger partial charge is 0.480 e. The van der Waals surface area contributed by atoms with E-state index in [2.05, 4.69) is 0 Å². The molecule has 0 bridgehead atoms. The Hall–Kier alpha value is -2.06. The molecule has 5 nitrogen and oxygen atoms in total. The third-order valence-corrected chi connectivity index (χ3v) is 5.23. The standard InChI is InChI=1S/C15H12F15NO4S/c1-5(33)31-6(8(34)35)4-36-7(2-3-32)9(16,17)10(18,19)11(20,21)12(22,23)13(24,25)14(26,27)15(28,29)30/h2,6,32H,3-4H2,1H3,(H,31,33)(H,34,35)/b7-2-. The number of hydrogen-bond donors (Lipinski definition) is 3. The first-order valence-corrected chi connectivity index (χ1v) is 9.44. The Balaban J connectivity index is 6.61. The second kappa shape index (κ2) is 10.4. The van der Waals surface area contributed by atoms with Crippen molar-refractivity contribution in [1.82, 2.24) is 5.32 Å². The topological polar surface area (TPSA) is 86.6 Å². The van der Waals surface area contributed by atoms with Crippen LogP contribution in [0.25, 0.3) is 0 Å². The van der Waals surface area contributed by atoms with Gasteiger partial charge in [0.15, 0.2) is 0 Å². The van der Waals surface area contributed by atoms with Crippen molar-refractivity contribution in [3.05, 3.63) is 11.0 Å². The number of aliphatic carboxylic acids is 1. The van der Waals surface area contributed by atoms with Crippen molar-refractivity contribution in [2.24, 2.45) is 0 Å². The Morgan fingerprint density at radius 2 is 1.17 bits per heavy atom. The minimum Gasteiger partial charge on any atom is -0.480 e. The van der Waals surface area contributed by atoms with Crippen LogP contribution < -0.4 is 5.32 Å². The Morgan fingerprint density at radius 3 is 1.50 bits per heavy atom. The Kier molecular flexibility index (Phi) is 9.77. The molecule has 0 aromatic rings. The monoisotopic (exact) mass is 587 g/mol. The summed E-state index contributed by atoms with van der Waals surface area (Å²) in [5.74, 6) is -52.7. The lowest BCUT2D eigenvalue weighted by molar-refractivity contribution is -0.449. The van der Waals surface area contributed by atoms with Gasteiger partial charge in [-0.2, -0.15) is 65.9 Å². The molecule has 0 rings (SSSR count). The normalized spacial score (nSPS) is 16.1. The highest BCUT2D eigenvalue weighted by atomic mass is 32.2. The van der Waals surface area contributed by atoms with Crippen LogP contribution in [-0.2, 0) is 9.59 Å². The number of carbonyl (C=O) groups excluding carboxylic acids is 1. The summed E-state index contributed by atoms with van der Waals surface area (Å²) in [4.78, 5) is 19.2. The number of amides is 1. The molecule has 0 saturated heterocycles. The molecule has 0 aromatic heterocycles. The molecule has 0 saturated carbocycles. The zero-order chi connectivity index (χ0) is 29.3. The van der Waals surface area contributed by atoms with E-state index in [1.54, 1.807) is 0 Å². The maximum atomic E-state index is 14.3. The summed E-state index contributed by atoms with van der Waals surface area (Å²) in [6, 6.07) is -2.25. The van der Waals surface area contributed by atoms with Gasteiger partial charge in [-0.3, -0.25) is 4.79 Å².